The summed E-state index contributed by atoms with van der Waals surface area (Å²) in [6, 6.07) is 25.2. The fraction of sp³-hybridized carbons (Fsp3) is 0.333. The Labute approximate surface area is 530 Å². The van der Waals surface area contributed by atoms with Gasteiger partial charge in [0.1, 0.15) is 48.9 Å². The van der Waals surface area contributed by atoms with Gasteiger partial charge in [-0.15, -0.1) is 0 Å². The number of hydrogen-bond donors (Lipinski definition) is 6. The van der Waals surface area contributed by atoms with Crippen molar-refractivity contribution in [2.75, 3.05) is 37.1 Å². The van der Waals surface area contributed by atoms with E-state index in [2.05, 4.69) is 55.5 Å². The Hall–Kier alpha value is -7.63. The Balaban J connectivity index is 0.00000429. The summed E-state index contributed by atoms with van der Waals surface area (Å²) in [7, 11) is -3.11. The van der Waals surface area contributed by atoms with Gasteiger partial charge < -0.3 is 67.5 Å². The minimum atomic E-state index is -4.49. The maximum Gasteiger partial charge on any atom is 0.338 e. The third-order valence-electron chi connectivity index (χ3n) is 15.0. The van der Waals surface area contributed by atoms with Crippen LogP contribution in [0.3, 0.4) is 0 Å². The molecule has 0 saturated carbocycles. The first kappa shape index (κ1) is 65.8. The monoisotopic (exact) mass is 1360 g/mol. The Morgan fingerprint density at radius 1 is 0.609 bits per heavy atom. The van der Waals surface area contributed by atoms with Crippen molar-refractivity contribution in [3.8, 4) is 0 Å². The number of rotatable bonds is 23. The first-order chi connectivity index (χ1) is 44.3. The highest BCUT2D eigenvalue weighted by molar-refractivity contribution is 8.07. The number of fused-ring (bicyclic) bond motifs is 3. The van der Waals surface area contributed by atoms with Crippen LogP contribution in [0.1, 0.15) is 69.5 Å². The molecule has 0 aliphatic carbocycles. The van der Waals surface area contributed by atoms with E-state index in [1.807, 2.05) is 0 Å². The summed E-state index contributed by atoms with van der Waals surface area (Å²) in [6.07, 6.45) is -2.48. The number of benzene rings is 3. The average Bonchev–Trinajstić information content (AvgIpc) is 1.63. The number of carbonyl (C=O) groups excluding carboxylic acids is 3. The standard InChI is InChI=1S/C54H55N14O17P3S2.O2/c1-30-37(81-52(41(30)83-54(71)33-16-10-5-11-17-33)67-28-62-39-44(56-25-59-47(39)67)64-49(69)31-12-6-3-7-13-31)22-78-88(76,90)85-43-42(77-2)38(82-53(43)68-29-63-40-45(57-26-60-48(40)68)65-50(70)32-14-8-4-9-15-32)23-79-87(75,89)84-36-20-34(18-19-86(72,73)74)80-51(36)66-27-61-35-21-55-24-58-46(35)66;1-2/h3-17,21,24-30,34,36-38,41-43,51-53H,18-20,22-23H2,1-2H3,(H,75,89)(H,76,90)(H2,72,73,74)(H,56,59,64,69)(H,57,60,65,70);/t30-,34-,36-,37-,38-,41-,42-,43-,51-,52-,53-,87?,88?;/m1./s1. The SMILES string of the molecule is CO[C@H]1[C@@H](OP(O)(=S)OC[C@H]2O[C@@H](n3cnc4c(NC(=O)c5ccccc5)ncnc43)[C@H](OC(=O)c3ccccc3)[C@@H]2C)[C@H](n2cnc3c(NC(=O)c4ccccc4)ncnc32)O[C@@H]1COP(O)(=S)O[C@@H]1C[C@@H](CCP(=O)(O)O)O[C@H]1n1cnc2cncnc21.O=O. The molecule has 3 aliphatic heterocycles. The highest BCUT2D eigenvalue weighted by Crippen LogP contribution is 2.54. The largest absolute Gasteiger partial charge is 0.454 e. The summed E-state index contributed by atoms with van der Waals surface area (Å²) in [4.78, 5) is 137. The van der Waals surface area contributed by atoms with Crippen molar-refractivity contribution in [2.24, 2.45) is 5.92 Å². The zero-order valence-electron chi connectivity index (χ0n) is 48.0. The number of methoxy groups -OCH3 is 1. The molecule has 38 heteroatoms. The third kappa shape index (κ3) is 14.7. The van der Waals surface area contributed by atoms with E-state index in [4.69, 9.17) is 75.3 Å². The molecular formula is C54H55N14O19P3S2. The van der Waals surface area contributed by atoms with Crippen LogP contribution in [0.25, 0.3) is 33.5 Å². The van der Waals surface area contributed by atoms with Crippen molar-refractivity contribution in [3.63, 3.8) is 0 Å². The molecular weight excluding hydrogens is 1310 g/mol. The molecule has 13 atom stereocenters. The molecule has 12 rings (SSSR count). The Morgan fingerprint density at radius 2 is 1.11 bits per heavy atom. The zero-order chi connectivity index (χ0) is 64.9. The van der Waals surface area contributed by atoms with Crippen LogP contribution in [-0.4, -0.2) is 165 Å². The van der Waals surface area contributed by atoms with Crippen molar-refractivity contribution in [3.05, 3.63) is 162 Å². The molecule has 0 spiro atoms. The van der Waals surface area contributed by atoms with Gasteiger partial charge >= 0.3 is 27.0 Å². The lowest BCUT2D eigenvalue weighted by atomic mass is 10.0. The molecule has 3 aromatic carbocycles. The molecule has 3 saturated heterocycles. The topological polar surface area (TPSA) is 421 Å². The zero-order valence-corrected chi connectivity index (χ0v) is 52.3. The molecule has 3 fully saturated rings. The first-order valence-corrected chi connectivity index (χ1v) is 34.8. The second-order valence-corrected chi connectivity index (χ2v) is 28.2. The smallest absolute Gasteiger partial charge is 0.338 e. The second kappa shape index (κ2) is 28.3. The van der Waals surface area contributed by atoms with Crippen LogP contribution in [0.2, 0.25) is 0 Å². The quantitative estimate of drug-likeness (QED) is 0.0323. The summed E-state index contributed by atoms with van der Waals surface area (Å²) in [5.74, 6) is -2.15. The molecule has 6 N–H and O–H groups in total. The molecule has 482 valence electrons. The van der Waals surface area contributed by atoms with Gasteiger partial charge in [0.15, 0.2) is 64.4 Å². The fourth-order valence-electron chi connectivity index (χ4n) is 10.7. The number of ether oxygens (including phenoxy) is 5. The fourth-order valence-corrected chi connectivity index (χ4v) is 14.2. The molecule has 9 heterocycles. The van der Waals surface area contributed by atoms with Gasteiger partial charge in [-0.25, -0.2) is 49.7 Å². The summed E-state index contributed by atoms with van der Waals surface area (Å²) < 4.78 is 72.9. The van der Waals surface area contributed by atoms with E-state index in [1.165, 1.54) is 65.0 Å². The molecule has 2 unspecified atom stereocenters. The Morgan fingerprint density at radius 3 is 1.67 bits per heavy atom. The lowest BCUT2D eigenvalue weighted by Crippen LogP contribution is -2.37. The van der Waals surface area contributed by atoms with Gasteiger partial charge in [0, 0.05) is 40.5 Å². The molecule has 3 aliphatic rings. The van der Waals surface area contributed by atoms with Crippen LogP contribution in [-0.2, 0) is 70.0 Å². The van der Waals surface area contributed by atoms with Gasteiger partial charge in [-0.3, -0.25) is 32.4 Å². The van der Waals surface area contributed by atoms with Gasteiger partial charge in [0.05, 0.1) is 62.3 Å². The minimum absolute atomic E-state index is 0.0122. The summed E-state index contributed by atoms with van der Waals surface area (Å²) in [6.45, 7) is -8.07. The van der Waals surface area contributed by atoms with E-state index in [0.29, 0.717) is 22.3 Å². The van der Waals surface area contributed by atoms with Crippen LogP contribution in [0.5, 0.6) is 0 Å². The summed E-state index contributed by atoms with van der Waals surface area (Å²) in [5, 5.41) is 5.55. The number of amides is 2. The molecule has 6 aromatic heterocycles. The summed E-state index contributed by atoms with van der Waals surface area (Å²) >= 11 is 11.4. The van der Waals surface area contributed by atoms with Gasteiger partial charge in [0.2, 0.25) is 0 Å². The number of nitrogens with zero attached hydrogens (tertiary/aromatic N) is 12. The van der Waals surface area contributed by atoms with E-state index >= 15 is 0 Å². The van der Waals surface area contributed by atoms with Crippen molar-refractivity contribution >= 4 is 108 Å². The van der Waals surface area contributed by atoms with E-state index < -0.39 is 126 Å². The number of aromatic nitrogens is 12. The van der Waals surface area contributed by atoms with Gasteiger partial charge in [-0.05, 0) is 66.4 Å². The van der Waals surface area contributed by atoms with Crippen molar-refractivity contribution < 1.29 is 80.3 Å². The predicted molar refractivity (Wildman–Crippen MR) is 330 cm³/mol. The van der Waals surface area contributed by atoms with Crippen molar-refractivity contribution in [1.82, 2.24) is 58.6 Å². The van der Waals surface area contributed by atoms with Gasteiger partial charge in [-0.1, -0.05) is 61.5 Å². The maximum absolute atomic E-state index is 13.8. The molecule has 0 bridgehead atoms. The second-order valence-electron chi connectivity index (χ2n) is 20.8. The molecule has 2 amide bonds. The Bertz CT molecular complexity index is 4260. The average molecular weight is 1360 g/mol. The molecule has 92 heavy (non-hydrogen) atoms. The number of imidazole rings is 3. The van der Waals surface area contributed by atoms with Gasteiger partial charge in [-0.2, -0.15) is 0 Å². The number of hydrogen-bond acceptors (Lipinski definition) is 26. The third-order valence-corrected chi connectivity index (χ3v) is 19.0. The summed E-state index contributed by atoms with van der Waals surface area (Å²) in [5.41, 5.74) is 2.36. The highest BCUT2D eigenvalue weighted by Gasteiger charge is 2.52. The van der Waals surface area contributed by atoms with E-state index in [-0.39, 0.29) is 52.4 Å². The lowest BCUT2D eigenvalue weighted by molar-refractivity contribution is -0.0596. The van der Waals surface area contributed by atoms with E-state index in [0.717, 1.165) is 0 Å². The lowest BCUT2D eigenvalue weighted by Gasteiger charge is -2.28. The predicted octanol–water partition coefficient (Wildman–Crippen LogP) is 5.84. The molecule has 33 nitrogen and oxygen atoms in total. The molecule has 9 aromatic rings. The molecule has 0 radical (unpaired) electrons. The highest BCUT2D eigenvalue weighted by atomic mass is 32.5. The first-order valence-electron chi connectivity index (χ1n) is 27.8. The minimum Gasteiger partial charge on any atom is -0.454 e. The maximum atomic E-state index is 13.8. The van der Waals surface area contributed by atoms with Gasteiger partial charge in [0.25, 0.3) is 11.8 Å². The van der Waals surface area contributed by atoms with Crippen LogP contribution in [0, 0.1) is 15.8 Å². The Kier molecular flexibility index (Phi) is 20.3. The van der Waals surface area contributed by atoms with Crippen molar-refractivity contribution in [2.45, 2.75) is 81.2 Å². The van der Waals surface area contributed by atoms with Crippen LogP contribution in [0.15, 0.2) is 135 Å². The van der Waals surface area contributed by atoms with Crippen LogP contribution in [0.4, 0.5) is 11.6 Å². The van der Waals surface area contributed by atoms with E-state index in [9.17, 15) is 38.5 Å². The number of esters is 1. The number of carbonyl (C=O) groups is 3. The van der Waals surface area contributed by atoms with Crippen LogP contribution >= 0.6 is 21.0 Å². The normalized spacial score (nSPS) is 24.4. The van der Waals surface area contributed by atoms with E-state index in [1.54, 1.807) is 97.9 Å². The van der Waals surface area contributed by atoms with Crippen molar-refractivity contribution in [1.29, 1.82) is 0 Å². The number of anilines is 2. The van der Waals surface area contributed by atoms with Crippen LogP contribution < -0.4 is 10.6 Å². The number of nitrogens with one attached hydrogen (secondary N) is 2.